The maximum absolute atomic E-state index is 5.00. The molecular weight excluding hydrogens is 328 g/mol. The van der Waals surface area contributed by atoms with Crippen LogP contribution >= 0.6 is 0 Å². The lowest BCUT2D eigenvalue weighted by Gasteiger charge is -1.97. The van der Waals surface area contributed by atoms with E-state index in [2.05, 4.69) is 31.2 Å². The van der Waals surface area contributed by atoms with Gasteiger partial charge in [0.25, 0.3) is 0 Å². The van der Waals surface area contributed by atoms with Gasteiger partial charge in [0.2, 0.25) is 0 Å². The highest BCUT2D eigenvalue weighted by Gasteiger charge is 1.86. The van der Waals surface area contributed by atoms with Gasteiger partial charge in [-0.3, -0.25) is 0 Å². The zero-order chi connectivity index (χ0) is 21.3. The first-order valence-corrected chi connectivity index (χ1v) is 10.1. The summed E-state index contributed by atoms with van der Waals surface area (Å²) in [5, 5.41) is 0. The van der Waals surface area contributed by atoms with Crippen molar-refractivity contribution in [1.82, 2.24) is 0 Å². The standard InChI is InChI=1S/C8H10O.C8H10.C6H10.2C2H6/c1-7-4-3-5-8(6-7)9-2;1-2-8-6-4-3-5-7-8;1-3-5-6-4-2;2*1-2/h3-6H,1-2H3;3-7H,2H2,1H3;3-6H,1-2H3;2*1-2H3/b;;5-3-,6-4-;;. The summed E-state index contributed by atoms with van der Waals surface area (Å²) in [4.78, 5) is 0. The minimum Gasteiger partial charge on any atom is -0.497 e. The number of methoxy groups -OCH3 is 1. The third-order valence-corrected chi connectivity index (χ3v) is 2.97. The van der Waals surface area contributed by atoms with Crippen molar-refractivity contribution in [2.24, 2.45) is 0 Å². The van der Waals surface area contributed by atoms with E-state index in [1.165, 1.54) is 11.1 Å². The van der Waals surface area contributed by atoms with Crippen molar-refractivity contribution in [1.29, 1.82) is 0 Å². The summed E-state index contributed by atoms with van der Waals surface area (Å²) in [6.45, 7) is 16.2. The minimum atomic E-state index is 0.926. The zero-order valence-corrected chi connectivity index (χ0v) is 19.1. The maximum Gasteiger partial charge on any atom is 0.119 e. The van der Waals surface area contributed by atoms with Crippen LogP contribution in [0.3, 0.4) is 0 Å². The highest BCUT2D eigenvalue weighted by atomic mass is 16.5. The molecule has 27 heavy (non-hydrogen) atoms. The van der Waals surface area contributed by atoms with Crippen molar-refractivity contribution in [3.05, 3.63) is 90.0 Å². The van der Waals surface area contributed by atoms with Gasteiger partial charge >= 0.3 is 0 Å². The van der Waals surface area contributed by atoms with Crippen molar-refractivity contribution in [3.63, 3.8) is 0 Å². The normalized spacial score (nSPS) is 8.78. The second-order valence-electron chi connectivity index (χ2n) is 4.91. The first-order valence-electron chi connectivity index (χ1n) is 10.1. The molecule has 0 unspecified atom stereocenters. The average molecular weight is 371 g/mol. The third kappa shape index (κ3) is 21.7. The molecule has 0 bridgehead atoms. The second-order valence-corrected chi connectivity index (χ2v) is 4.91. The van der Waals surface area contributed by atoms with E-state index >= 15 is 0 Å². The molecule has 1 heteroatoms. The molecule has 0 spiro atoms. The van der Waals surface area contributed by atoms with Crippen LogP contribution in [0, 0.1) is 6.92 Å². The smallest absolute Gasteiger partial charge is 0.119 e. The Balaban J connectivity index is -0.000000297. The molecule has 0 saturated carbocycles. The lowest BCUT2D eigenvalue weighted by Crippen LogP contribution is -1.81. The van der Waals surface area contributed by atoms with Gasteiger partial charge in [-0.2, -0.15) is 0 Å². The van der Waals surface area contributed by atoms with Gasteiger partial charge in [0, 0.05) is 0 Å². The molecule has 0 saturated heterocycles. The Labute approximate surface area is 169 Å². The quantitative estimate of drug-likeness (QED) is 0.492. The monoisotopic (exact) mass is 370 g/mol. The van der Waals surface area contributed by atoms with Gasteiger partial charge in [0.1, 0.15) is 5.75 Å². The van der Waals surface area contributed by atoms with E-state index in [0.29, 0.717) is 0 Å². The Bertz CT molecular complexity index is 543. The van der Waals surface area contributed by atoms with Crippen LogP contribution in [0.15, 0.2) is 78.9 Å². The van der Waals surface area contributed by atoms with Crippen LogP contribution in [0.5, 0.6) is 5.75 Å². The molecule has 0 aliphatic rings. The molecule has 2 rings (SSSR count). The molecule has 0 aliphatic carbocycles. The average Bonchev–Trinajstić information content (AvgIpc) is 2.76. The summed E-state index contributed by atoms with van der Waals surface area (Å²) >= 11 is 0. The van der Waals surface area contributed by atoms with Crippen molar-refractivity contribution in [2.45, 2.75) is 61.8 Å². The SMILES string of the molecule is C/C=C\C=C/C.CC.CC.CCc1ccccc1.COc1cccc(C)c1. The van der Waals surface area contributed by atoms with E-state index in [1.54, 1.807) is 7.11 Å². The van der Waals surface area contributed by atoms with Gasteiger partial charge in [0.05, 0.1) is 7.11 Å². The zero-order valence-electron chi connectivity index (χ0n) is 19.1. The molecule has 2 aromatic carbocycles. The first-order chi connectivity index (χ1) is 13.2. The van der Waals surface area contributed by atoms with Gasteiger partial charge in [-0.05, 0) is 50.5 Å². The van der Waals surface area contributed by atoms with E-state index in [0.717, 1.165) is 12.2 Å². The van der Waals surface area contributed by atoms with E-state index in [1.807, 2.05) is 103 Å². The molecule has 0 aliphatic heterocycles. The fourth-order valence-electron chi connectivity index (χ4n) is 1.68. The molecule has 0 N–H and O–H groups in total. The van der Waals surface area contributed by atoms with E-state index in [4.69, 9.17) is 4.74 Å². The molecule has 0 fully saturated rings. The van der Waals surface area contributed by atoms with Crippen molar-refractivity contribution >= 4 is 0 Å². The van der Waals surface area contributed by atoms with Crippen molar-refractivity contribution in [2.75, 3.05) is 7.11 Å². The van der Waals surface area contributed by atoms with Crippen LogP contribution in [-0.4, -0.2) is 7.11 Å². The summed E-state index contributed by atoms with van der Waals surface area (Å²) in [5.74, 6) is 0.926. The fourth-order valence-corrected chi connectivity index (χ4v) is 1.68. The number of rotatable bonds is 3. The number of hydrogen-bond donors (Lipinski definition) is 0. The topological polar surface area (TPSA) is 9.23 Å². The van der Waals surface area contributed by atoms with Crippen LogP contribution in [0.4, 0.5) is 0 Å². The molecule has 1 nitrogen and oxygen atoms in total. The summed E-state index contributed by atoms with van der Waals surface area (Å²) in [6, 6.07) is 18.4. The van der Waals surface area contributed by atoms with Crippen molar-refractivity contribution in [3.8, 4) is 5.75 Å². The molecular formula is C26H42O. The molecule has 0 heterocycles. The second kappa shape index (κ2) is 26.0. The predicted octanol–water partition coefficient (Wildman–Crippen LogP) is 8.44. The number of allylic oxidation sites excluding steroid dienone is 4. The van der Waals surface area contributed by atoms with Crippen LogP contribution in [0.1, 0.15) is 59.6 Å². The molecule has 2 aromatic rings. The van der Waals surface area contributed by atoms with Crippen molar-refractivity contribution < 1.29 is 4.74 Å². The lowest BCUT2D eigenvalue weighted by molar-refractivity contribution is 0.414. The number of ether oxygens (including phenoxy) is 1. The van der Waals surface area contributed by atoms with Gasteiger partial charge < -0.3 is 4.74 Å². The van der Waals surface area contributed by atoms with E-state index < -0.39 is 0 Å². The van der Waals surface area contributed by atoms with Crippen LogP contribution in [-0.2, 0) is 6.42 Å². The summed E-state index contributed by atoms with van der Waals surface area (Å²) in [7, 11) is 1.68. The maximum atomic E-state index is 5.00. The Hall–Kier alpha value is -2.28. The Morgan fingerprint density at radius 3 is 1.59 bits per heavy atom. The molecule has 0 amide bonds. The van der Waals surface area contributed by atoms with E-state index in [9.17, 15) is 0 Å². The largest absolute Gasteiger partial charge is 0.497 e. The fraction of sp³-hybridized carbons (Fsp3) is 0.385. The van der Waals surface area contributed by atoms with Gasteiger partial charge in [0.15, 0.2) is 0 Å². The minimum absolute atomic E-state index is 0.926. The van der Waals surface area contributed by atoms with Gasteiger partial charge in [-0.1, -0.05) is 101 Å². The number of hydrogen-bond acceptors (Lipinski definition) is 1. The van der Waals surface area contributed by atoms with Crippen LogP contribution in [0.25, 0.3) is 0 Å². The van der Waals surface area contributed by atoms with Crippen LogP contribution < -0.4 is 4.74 Å². The van der Waals surface area contributed by atoms with Gasteiger partial charge in [-0.15, -0.1) is 0 Å². The predicted molar refractivity (Wildman–Crippen MR) is 126 cm³/mol. The Morgan fingerprint density at radius 2 is 1.30 bits per heavy atom. The van der Waals surface area contributed by atoms with Gasteiger partial charge in [-0.25, -0.2) is 0 Å². The lowest BCUT2D eigenvalue weighted by atomic mass is 10.2. The number of aryl methyl sites for hydroxylation is 2. The Kier molecular flexibility index (Phi) is 28.3. The molecule has 0 radical (unpaired) electrons. The molecule has 152 valence electrons. The molecule has 0 atom stereocenters. The third-order valence-electron chi connectivity index (χ3n) is 2.97. The highest BCUT2D eigenvalue weighted by Crippen LogP contribution is 2.10. The summed E-state index contributed by atoms with van der Waals surface area (Å²) in [5.41, 5.74) is 2.64. The highest BCUT2D eigenvalue weighted by molar-refractivity contribution is 5.27. The number of benzene rings is 2. The molecule has 0 aromatic heterocycles. The van der Waals surface area contributed by atoms with Crippen LogP contribution in [0.2, 0.25) is 0 Å². The Morgan fingerprint density at radius 1 is 0.778 bits per heavy atom. The summed E-state index contributed by atoms with van der Waals surface area (Å²) < 4.78 is 5.00. The van der Waals surface area contributed by atoms with E-state index in [-0.39, 0.29) is 0 Å². The first kappa shape index (κ1) is 29.5. The summed E-state index contributed by atoms with van der Waals surface area (Å²) in [6.07, 6.45) is 9.14.